The van der Waals surface area contributed by atoms with Crippen LogP contribution in [-0.2, 0) is 32.7 Å². The lowest BCUT2D eigenvalue weighted by Gasteiger charge is -2.20. The third kappa shape index (κ3) is 32.7. The normalized spacial score (nSPS) is 14.5. The maximum atomic E-state index is 12.5. The third-order valence-electron chi connectivity index (χ3n) is 7.55. The predicted molar refractivity (Wildman–Crippen MR) is 191 cm³/mol. The van der Waals surface area contributed by atoms with E-state index >= 15 is 0 Å². The number of ether oxygens (including phenoxy) is 2. The molecule has 0 aromatic rings. The molecule has 0 bridgehead atoms. The first kappa shape index (κ1) is 46.2. The fourth-order valence-electron chi connectivity index (χ4n) is 4.64. The Morgan fingerprint density at radius 3 is 1.67 bits per heavy atom. The van der Waals surface area contributed by atoms with Crippen molar-refractivity contribution in [2.75, 3.05) is 26.4 Å². The van der Waals surface area contributed by atoms with Gasteiger partial charge >= 0.3 is 19.8 Å². The van der Waals surface area contributed by atoms with Crippen molar-refractivity contribution in [3.63, 3.8) is 0 Å². The van der Waals surface area contributed by atoms with E-state index in [-0.39, 0.29) is 19.4 Å². The van der Waals surface area contributed by atoms with Gasteiger partial charge in [0.05, 0.1) is 19.8 Å². The van der Waals surface area contributed by atoms with Crippen LogP contribution in [0.3, 0.4) is 0 Å². The van der Waals surface area contributed by atoms with Crippen LogP contribution in [0.4, 0.5) is 0 Å². The molecule has 0 saturated heterocycles. The van der Waals surface area contributed by atoms with Gasteiger partial charge in [-0.1, -0.05) is 121 Å². The topological polar surface area (TPSA) is 149 Å². The van der Waals surface area contributed by atoms with E-state index in [2.05, 4.69) is 54.8 Å². The fourth-order valence-corrected chi connectivity index (χ4v) is 5.43. The van der Waals surface area contributed by atoms with Crippen molar-refractivity contribution in [3.8, 4) is 0 Å². The number of aliphatic hydroxyl groups excluding tert-OH is 2. The molecule has 1 unspecified atom stereocenters. The Hall–Kier alpha value is -1.81. The lowest BCUT2D eigenvalue weighted by atomic mass is 10.1. The van der Waals surface area contributed by atoms with Crippen LogP contribution < -0.4 is 0 Å². The minimum atomic E-state index is -4.61. The molecule has 280 valence electrons. The summed E-state index contributed by atoms with van der Waals surface area (Å²) in [5, 5.41) is 18.2. The minimum absolute atomic E-state index is 0.159. The van der Waals surface area contributed by atoms with Gasteiger partial charge in [-0.15, -0.1) is 0 Å². The van der Waals surface area contributed by atoms with E-state index in [1.165, 1.54) is 51.4 Å². The first-order valence-electron chi connectivity index (χ1n) is 18.4. The number of esters is 2. The van der Waals surface area contributed by atoms with Gasteiger partial charge in [-0.3, -0.25) is 18.6 Å². The van der Waals surface area contributed by atoms with Crippen LogP contribution in [-0.4, -0.2) is 65.7 Å². The second-order valence-electron chi connectivity index (χ2n) is 12.3. The fraction of sp³-hybridized carbons (Fsp3) is 0.784. The van der Waals surface area contributed by atoms with Gasteiger partial charge in [0.25, 0.3) is 0 Å². The monoisotopic (exact) mass is 702 g/mol. The van der Waals surface area contributed by atoms with E-state index in [0.717, 1.165) is 57.8 Å². The SMILES string of the molecule is CCCCC/C=C/C/C=C/C/C=C/CCCCCCC(=O)O[C@H](COC(=O)CCCCCCCCCC)COP(=O)(O)OC[C@@H](O)CO. The van der Waals surface area contributed by atoms with Gasteiger partial charge in [0.15, 0.2) is 6.10 Å². The zero-order valence-corrected chi connectivity index (χ0v) is 30.8. The molecule has 0 aliphatic rings. The number of hydrogen-bond acceptors (Lipinski definition) is 9. The third-order valence-corrected chi connectivity index (χ3v) is 8.50. The molecule has 0 amide bonds. The Morgan fingerprint density at radius 2 is 1.08 bits per heavy atom. The van der Waals surface area contributed by atoms with Crippen LogP contribution >= 0.6 is 7.82 Å². The molecule has 0 heterocycles. The summed E-state index contributed by atoms with van der Waals surface area (Å²) in [7, 11) is -4.61. The number of carbonyl (C=O) groups is 2. The first-order chi connectivity index (χ1) is 23.2. The molecule has 0 spiro atoms. The molecule has 3 atom stereocenters. The molecule has 10 nitrogen and oxygen atoms in total. The Labute approximate surface area is 291 Å². The smallest absolute Gasteiger partial charge is 0.462 e. The van der Waals surface area contributed by atoms with Gasteiger partial charge in [-0.05, 0) is 51.4 Å². The first-order valence-corrected chi connectivity index (χ1v) is 19.9. The molecule has 0 aromatic carbocycles. The Morgan fingerprint density at radius 1 is 0.625 bits per heavy atom. The van der Waals surface area contributed by atoms with Crippen LogP contribution in [0.5, 0.6) is 0 Å². The average Bonchev–Trinajstić information content (AvgIpc) is 3.07. The van der Waals surface area contributed by atoms with E-state index < -0.39 is 51.8 Å². The van der Waals surface area contributed by atoms with Crippen molar-refractivity contribution in [1.29, 1.82) is 0 Å². The van der Waals surface area contributed by atoms with Crippen LogP contribution in [0.2, 0.25) is 0 Å². The number of hydrogen-bond donors (Lipinski definition) is 3. The number of phosphoric ester groups is 1. The van der Waals surface area contributed by atoms with Gasteiger partial charge in [0.2, 0.25) is 0 Å². The summed E-state index contributed by atoms with van der Waals surface area (Å²) in [6.07, 6.45) is 31.3. The summed E-state index contributed by atoms with van der Waals surface area (Å²) < 4.78 is 32.4. The van der Waals surface area contributed by atoms with Crippen molar-refractivity contribution in [1.82, 2.24) is 0 Å². The number of carbonyl (C=O) groups excluding carboxylic acids is 2. The maximum absolute atomic E-state index is 12.5. The van der Waals surface area contributed by atoms with Crippen LogP contribution in [0.15, 0.2) is 36.5 Å². The maximum Gasteiger partial charge on any atom is 0.472 e. The summed E-state index contributed by atoms with van der Waals surface area (Å²) in [6, 6.07) is 0. The highest BCUT2D eigenvalue weighted by Crippen LogP contribution is 2.43. The zero-order chi connectivity index (χ0) is 35.6. The molecular formula is C37H67O10P. The van der Waals surface area contributed by atoms with Crippen LogP contribution in [0.1, 0.15) is 149 Å². The highest BCUT2D eigenvalue weighted by molar-refractivity contribution is 7.47. The standard InChI is InChI=1S/C37H67O10P/c1-3-5-7-9-11-13-14-15-16-17-18-19-20-21-23-25-27-29-37(41)47-35(33-46-48(42,43)45-31-34(39)30-38)32-44-36(40)28-26-24-22-12-10-8-6-4-2/h11,13,15-16,18-19,34-35,38-39H,3-10,12,14,17,20-33H2,1-2H3,(H,42,43)/b13-11+,16-15+,19-18+/t34-,35+/m0/s1. The zero-order valence-electron chi connectivity index (χ0n) is 29.9. The van der Waals surface area contributed by atoms with Gasteiger partial charge in [-0.2, -0.15) is 0 Å². The largest absolute Gasteiger partial charge is 0.472 e. The van der Waals surface area contributed by atoms with E-state index in [0.29, 0.717) is 12.8 Å². The lowest BCUT2D eigenvalue weighted by Crippen LogP contribution is -2.29. The molecule has 48 heavy (non-hydrogen) atoms. The number of phosphoric acid groups is 1. The molecule has 0 aliphatic carbocycles. The number of unbranched alkanes of at least 4 members (excludes halogenated alkanes) is 14. The highest BCUT2D eigenvalue weighted by atomic mass is 31.2. The van der Waals surface area contributed by atoms with Gasteiger partial charge < -0.3 is 24.6 Å². The summed E-state index contributed by atoms with van der Waals surface area (Å²) in [5.74, 6) is -0.957. The summed E-state index contributed by atoms with van der Waals surface area (Å²) in [4.78, 5) is 34.7. The average molecular weight is 703 g/mol. The molecule has 0 aliphatic heterocycles. The second kappa shape index (κ2) is 33.7. The minimum Gasteiger partial charge on any atom is -0.462 e. The number of allylic oxidation sites excluding steroid dienone is 6. The molecule has 3 N–H and O–H groups in total. The van der Waals surface area contributed by atoms with E-state index in [1.54, 1.807) is 0 Å². The molecule has 0 radical (unpaired) electrons. The molecule has 0 fully saturated rings. The van der Waals surface area contributed by atoms with Gasteiger partial charge in [-0.25, -0.2) is 4.57 Å². The predicted octanol–water partition coefficient (Wildman–Crippen LogP) is 8.83. The lowest BCUT2D eigenvalue weighted by molar-refractivity contribution is -0.161. The van der Waals surface area contributed by atoms with Crippen LogP contribution in [0.25, 0.3) is 0 Å². The molecule has 0 saturated carbocycles. The Bertz CT molecular complexity index is 905. The molecule has 0 aromatic heterocycles. The van der Waals surface area contributed by atoms with Crippen molar-refractivity contribution in [2.45, 2.75) is 161 Å². The summed E-state index contributed by atoms with van der Waals surface area (Å²) in [6.45, 7) is 2.26. The summed E-state index contributed by atoms with van der Waals surface area (Å²) >= 11 is 0. The highest BCUT2D eigenvalue weighted by Gasteiger charge is 2.27. The van der Waals surface area contributed by atoms with Crippen molar-refractivity contribution >= 4 is 19.8 Å². The van der Waals surface area contributed by atoms with Crippen LogP contribution in [0, 0.1) is 0 Å². The van der Waals surface area contributed by atoms with Crippen molar-refractivity contribution < 1.29 is 47.8 Å². The summed E-state index contributed by atoms with van der Waals surface area (Å²) in [5.41, 5.74) is 0. The van der Waals surface area contributed by atoms with Gasteiger partial charge in [0.1, 0.15) is 12.7 Å². The Balaban J connectivity index is 4.40. The van der Waals surface area contributed by atoms with E-state index in [9.17, 15) is 24.2 Å². The molecular weight excluding hydrogens is 635 g/mol. The molecule has 11 heteroatoms. The molecule has 0 rings (SSSR count). The van der Waals surface area contributed by atoms with E-state index in [4.69, 9.17) is 19.1 Å². The van der Waals surface area contributed by atoms with E-state index in [1.807, 2.05) is 0 Å². The number of aliphatic hydroxyl groups is 2. The quantitative estimate of drug-likeness (QED) is 0.0257. The van der Waals surface area contributed by atoms with Gasteiger partial charge in [0, 0.05) is 12.8 Å². The number of rotatable bonds is 34. The van der Waals surface area contributed by atoms with Crippen molar-refractivity contribution in [3.05, 3.63) is 36.5 Å². The van der Waals surface area contributed by atoms with Crippen molar-refractivity contribution in [2.24, 2.45) is 0 Å². The Kier molecular flexibility index (Phi) is 32.4. The second-order valence-corrected chi connectivity index (χ2v) is 13.7.